The van der Waals surface area contributed by atoms with Gasteiger partial charge in [-0.15, -0.1) is 0 Å². The minimum absolute atomic E-state index is 0.0121. The summed E-state index contributed by atoms with van der Waals surface area (Å²) in [6.07, 6.45) is 0.347. The molecule has 0 spiro atoms. The van der Waals surface area contributed by atoms with Crippen molar-refractivity contribution in [3.8, 4) is 11.8 Å². The van der Waals surface area contributed by atoms with Gasteiger partial charge in [0.05, 0.1) is 12.2 Å². The molecule has 0 saturated heterocycles. The number of hydrogen-bond donors (Lipinski definition) is 2. The zero-order valence-corrected chi connectivity index (χ0v) is 13.0. The number of nitrogens with one attached hydrogen (secondary N) is 1. The van der Waals surface area contributed by atoms with Gasteiger partial charge in [0.2, 0.25) is 0 Å². The third kappa shape index (κ3) is 5.20. The van der Waals surface area contributed by atoms with Gasteiger partial charge in [-0.1, -0.05) is 32.6 Å². The molecule has 114 valence electrons. The summed E-state index contributed by atoms with van der Waals surface area (Å²) in [5.74, 6) is 4.53. The van der Waals surface area contributed by atoms with Crippen LogP contribution in [-0.4, -0.2) is 23.7 Å². The van der Waals surface area contributed by atoms with Crippen molar-refractivity contribution in [2.75, 3.05) is 6.61 Å². The van der Waals surface area contributed by atoms with E-state index in [9.17, 15) is 9.18 Å². The molecule has 2 N–H and O–H groups in total. The first kappa shape index (κ1) is 17.2. The Balaban J connectivity index is 2.94. The third-order valence-corrected chi connectivity index (χ3v) is 3.33. The lowest BCUT2D eigenvalue weighted by atomic mass is 9.88. The van der Waals surface area contributed by atoms with Crippen LogP contribution < -0.4 is 5.32 Å². The van der Waals surface area contributed by atoms with Gasteiger partial charge in [0.15, 0.2) is 0 Å². The minimum atomic E-state index is -0.568. The molecule has 0 heterocycles. The highest BCUT2D eigenvalue weighted by Crippen LogP contribution is 2.19. The van der Waals surface area contributed by atoms with Crippen LogP contribution in [-0.2, 0) is 0 Å². The summed E-state index contributed by atoms with van der Waals surface area (Å²) >= 11 is 0. The van der Waals surface area contributed by atoms with Crippen molar-refractivity contribution in [1.29, 1.82) is 0 Å². The fourth-order valence-corrected chi connectivity index (χ4v) is 1.49. The summed E-state index contributed by atoms with van der Waals surface area (Å²) in [5.41, 5.74) is 0.435. The lowest BCUT2D eigenvalue weighted by molar-refractivity contribution is 0.0906. The Bertz CT molecular complexity index is 564. The number of rotatable bonds is 3. The highest BCUT2D eigenvalue weighted by Gasteiger charge is 2.23. The van der Waals surface area contributed by atoms with E-state index in [4.69, 9.17) is 5.11 Å². The van der Waals surface area contributed by atoms with E-state index in [0.717, 1.165) is 0 Å². The summed E-state index contributed by atoms with van der Waals surface area (Å²) in [5, 5.41) is 11.5. The quantitative estimate of drug-likeness (QED) is 0.841. The van der Waals surface area contributed by atoms with Crippen LogP contribution in [0.4, 0.5) is 4.39 Å². The Morgan fingerprint density at radius 2 is 2.10 bits per heavy atom. The van der Waals surface area contributed by atoms with E-state index >= 15 is 0 Å². The Morgan fingerprint density at radius 1 is 1.43 bits per heavy atom. The number of hydrogen-bond acceptors (Lipinski definition) is 2. The second-order valence-corrected chi connectivity index (χ2v) is 6.03. The molecule has 3 nitrogen and oxygen atoms in total. The van der Waals surface area contributed by atoms with Crippen LogP contribution in [0.15, 0.2) is 18.2 Å². The molecule has 1 unspecified atom stereocenters. The highest BCUT2D eigenvalue weighted by molar-refractivity contribution is 5.95. The Labute approximate surface area is 125 Å². The van der Waals surface area contributed by atoms with Crippen LogP contribution in [0.2, 0.25) is 0 Å². The van der Waals surface area contributed by atoms with Gasteiger partial charge in [0.25, 0.3) is 5.91 Å². The van der Waals surface area contributed by atoms with Gasteiger partial charge in [-0.3, -0.25) is 4.79 Å². The van der Waals surface area contributed by atoms with E-state index in [-0.39, 0.29) is 23.6 Å². The molecule has 0 radical (unpaired) electrons. The molecule has 0 bridgehead atoms. The molecular formula is C17H22FNO2. The van der Waals surface area contributed by atoms with Crippen LogP contribution in [0, 0.1) is 23.1 Å². The van der Waals surface area contributed by atoms with E-state index in [2.05, 4.69) is 17.2 Å². The average Bonchev–Trinajstić information content (AvgIpc) is 2.39. The molecule has 0 aromatic heterocycles. The monoisotopic (exact) mass is 291 g/mol. The molecule has 0 aliphatic rings. The molecule has 1 amide bonds. The van der Waals surface area contributed by atoms with Crippen molar-refractivity contribution >= 4 is 5.91 Å². The van der Waals surface area contributed by atoms with E-state index in [1.165, 1.54) is 18.2 Å². The van der Waals surface area contributed by atoms with E-state index in [0.29, 0.717) is 12.0 Å². The third-order valence-electron chi connectivity index (χ3n) is 3.33. The number of aliphatic hydroxyl groups excluding tert-OH is 1. The molecule has 1 aromatic carbocycles. The Hall–Kier alpha value is -1.86. The Morgan fingerprint density at radius 3 is 2.67 bits per heavy atom. The van der Waals surface area contributed by atoms with Gasteiger partial charge < -0.3 is 10.4 Å². The standard InChI is InChI=1S/C17H22FNO2/c1-12(17(2,3)4)19-16(21)14-11-13(7-5-6-10-20)8-9-15(14)18/h8-9,11-12,20H,6,10H2,1-4H3,(H,19,21). The van der Waals surface area contributed by atoms with Crippen LogP contribution in [0.25, 0.3) is 0 Å². The molecule has 21 heavy (non-hydrogen) atoms. The van der Waals surface area contributed by atoms with E-state index in [1.807, 2.05) is 27.7 Å². The second kappa shape index (κ2) is 7.24. The molecular weight excluding hydrogens is 269 g/mol. The predicted molar refractivity (Wildman–Crippen MR) is 81.4 cm³/mol. The Kier molecular flexibility index (Phi) is 5.92. The van der Waals surface area contributed by atoms with Crippen LogP contribution in [0.5, 0.6) is 0 Å². The molecule has 0 aliphatic heterocycles. The van der Waals surface area contributed by atoms with Crippen molar-refractivity contribution in [1.82, 2.24) is 5.32 Å². The number of carbonyl (C=O) groups excluding carboxylic acids is 1. The van der Waals surface area contributed by atoms with Crippen molar-refractivity contribution in [3.05, 3.63) is 35.1 Å². The first-order valence-corrected chi connectivity index (χ1v) is 6.96. The first-order chi connectivity index (χ1) is 9.75. The summed E-state index contributed by atoms with van der Waals surface area (Å²) in [6, 6.07) is 4.10. The first-order valence-electron chi connectivity index (χ1n) is 6.96. The highest BCUT2D eigenvalue weighted by atomic mass is 19.1. The summed E-state index contributed by atoms with van der Waals surface area (Å²) < 4.78 is 13.8. The van der Waals surface area contributed by atoms with Gasteiger partial charge in [-0.2, -0.15) is 0 Å². The minimum Gasteiger partial charge on any atom is -0.395 e. The fourth-order valence-electron chi connectivity index (χ4n) is 1.49. The smallest absolute Gasteiger partial charge is 0.254 e. The van der Waals surface area contributed by atoms with Crippen molar-refractivity contribution in [2.45, 2.75) is 40.2 Å². The molecule has 4 heteroatoms. The van der Waals surface area contributed by atoms with Crippen molar-refractivity contribution in [3.63, 3.8) is 0 Å². The molecule has 1 atom stereocenters. The van der Waals surface area contributed by atoms with Gasteiger partial charge in [-0.25, -0.2) is 4.39 Å². The van der Waals surface area contributed by atoms with E-state index < -0.39 is 11.7 Å². The maximum Gasteiger partial charge on any atom is 0.254 e. The van der Waals surface area contributed by atoms with Crippen molar-refractivity contribution in [2.24, 2.45) is 5.41 Å². The van der Waals surface area contributed by atoms with Gasteiger partial charge in [-0.05, 0) is 30.5 Å². The molecule has 1 aromatic rings. The number of aliphatic hydroxyl groups is 1. The topological polar surface area (TPSA) is 49.3 Å². The largest absolute Gasteiger partial charge is 0.395 e. The van der Waals surface area contributed by atoms with Gasteiger partial charge in [0, 0.05) is 18.0 Å². The fraction of sp³-hybridized carbons (Fsp3) is 0.471. The normalized spacial score (nSPS) is 12.3. The maximum absolute atomic E-state index is 13.8. The summed E-state index contributed by atoms with van der Waals surface area (Å²) in [7, 11) is 0. The zero-order valence-electron chi connectivity index (χ0n) is 13.0. The SMILES string of the molecule is CC(NC(=O)c1cc(C#CCCO)ccc1F)C(C)(C)C. The maximum atomic E-state index is 13.8. The van der Waals surface area contributed by atoms with Gasteiger partial charge in [0.1, 0.15) is 5.82 Å². The second-order valence-electron chi connectivity index (χ2n) is 6.03. The molecule has 0 aliphatic carbocycles. The lowest BCUT2D eigenvalue weighted by Gasteiger charge is -2.28. The van der Waals surface area contributed by atoms with E-state index in [1.54, 1.807) is 0 Å². The van der Waals surface area contributed by atoms with Crippen LogP contribution in [0.1, 0.15) is 50.0 Å². The van der Waals surface area contributed by atoms with Crippen molar-refractivity contribution < 1.29 is 14.3 Å². The number of carbonyl (C=O) groups is 1. The number of amides is 1. The summed E-state index contributed by atoms with van der Waals surface area (Å²) in [4.78, 5) is 12.2. The predicted octanol–water partition coefficient (Wildman–Crippen LogP) is 2.72. The zero-order chi connectivity index (χ0) is 16.0. The van der Waals surface area contributed by atoms with Crippen LogP contribution in [0.3, 0.4) is 0 Å². The number of halogens is 1. The molecule has 0 saturated carbocycles. The van der Waals surface area contributed by atoms with Crippen LogP contribution >= 0.6 is 0 Å². The molecule has 0 fully saturated rings. The van der Waals surface area contributed by atoms with Gasteiger partial charge >= 0.3 is 0 Å². The average molecular weight is 291 g/mol. The number of benzene rings is 1. The molecule has 1 rings (SSSR count). The summed E-state index contributed by atoms with van der Waals surface area (Å²) in [6.45, 7) is 7.88. The lowest BCUT2D eigenvalue weighted by Crippen LogP contribution is -2.41.